The number of ketones is 1. The molecule has 0 spiro atoms. The summed E-state index contributed by atoms with van der Waals surface area (Å²) in [4.78, 5) is 20.7. The van der Waals surface area contributed by atoms with Gasteiger partial charge in [-0.2, -0.15) is 0 Å². The van der Waals surface area contributed by atoms with Crippen molar-refractivity contribution in [2.24, 2.45) is 5.73 Å². The molecule has 3 N–H and O–H groups in total. The second kappa shape index (κ2) is 1.56. The number of Topliss-reactive ketones (excluding diaryl/α,β-unsaturated/α-hetero) is 1. The second-order valence-electron chi connectivity index (χ2n) is 1.66. The molecule has 0 aliphatic carbocycles. The standard InChI is InChI=1S/C4H6N2O2/c5-3-2(7)1-6-4(3)8/h3H,1,5H2,(H,6,8)/t3-/m0/s1. The number of carbonyl (C=O) groups excluding carboxylic acids is 2. The van der Waals surface area contributed by atoms with Gasteiger partial charge < -0.3 is 11.1 Å². The average Bonchev–Trinajstić information content (AvgIpc) is 1.98. The van der Waals surface area contributed by atoms with Crippen LogP contribution in [-0.2, 0) is 9.59 Å². The van der Waals surface area contributed by atoms with Crippen LogP contribution in [-0.4, -0.2) is 24.3 Å². The second-order valence-corrected chi connectivity index (χ2v) is 1.66. The summed E-state index contributed by atoms with van der Waals surface area (Å²) < 4.78 is 0. The molecule has 1 atom stereocenters. The third-order valence-corrected chi connectivity index (χ3v) is 1.07. The molecule has 0 radical (unpaired) electrons. The smallest absolute Gasteiger partial charge is 0.245 e. The first-order chi connectivity index (χ1) is 3.72. The molecule has 1 aliphatic heterocycles. The fraction of sp³-hybridized carbons (Fsp3) is 0.500. The summed E-state index contributed by atoms with van der Waals surface area (Å²) in [6, 6.07) is -0.907. The summed E-state index contributed by atoms with van der Waals surface area (Å²) in [5.74, 6) is -0.593. The van der Waals surface area contributed by atoms with E-state index >= 15 is 0 Å². The Labute approximate surface area is 46.0 Å². The Hall–Kier alpha value is -0.900. The Bertz CT molecular complexity index is 127. The van der Waals surface area contributed by atoms with Gasteiger partial charge in [0.15, 0.2) is 5.78 Å². The quantitative estimate of drug-likeness (QED) is 0.358. The minimum Gasteiger partial charge on any atom is -0.347 e. The highest BCUT2D eigenvalue weighted by Crippen LogP contribution is 1.88. The first-order valence-corrected chi connectivity index (χ1v) is 2.28. The van der Waals surface area contributed by atoms with E-state index in [1.165, 1.54) is 0 Å². The summed E-state index contributed by atoms with van der Waals surface area (Å²) in [6.07, 6.45) is 0. The molecular formula is C4H6N2O2. The summed E-state index contributed by atoms with van der Waals surface area (Å²) in [5, 5.41) is 2.31. The van der Waals surface area contributed by atoms with Crippen LogP contribution in [0, 0.1) is 0 Å². The average molecular weight is 114 g/mol. The van der Waals surface area contributed by atoms with E-state index in [0.717, 1.165) is 0 Å². The van der Waals surface area contributed by atoms with E-state index in [1.54, 1.807) is 0 Å². The van der Waals surface area contributed by atoms with Crippen LogP contribution in [0.4, 0.5) is 0 Å². The Balaban J connectivity index is 2.70. The van der Waals surface area contributed by atoms with Crippen molar-refractivity contribution in [1.29, 1.82) is 0 Å². The lowest BCUT2D eigenvalue weighted by molar-refractivity contribution is -0.123. The van der Waals surface area contributed by atoms with Gasteiger partial charge >= 0.3 is 0 Å². The number of hydrogen-bond donors (Lipinski definition) is 2. The maximum atomic E-state index is 10.4. The van der Waals surface area contributed by atoms with Crippen molar-refractivity contribution in [2.75, 3.05) is 6.54 Å². The van der Waals surface area contributed by atoms with Gasteiger partial charge in [-0.15, -0.1) is 0 Å². The number of nitrogens with two attached hydrogens (primary N) is 1. The monoisotopic (exact) mass is 114 g/mol. The molecule has 0 aromatic rings. The predicted molar refractivity (Wildman–Crippen MR) is 26.0 cm³/mol. The van der Waals surface area contributed by atoms with E-state index in [2.05, 4.69) is 5.32 Å². The van der Waals surface area contributed by atoms with E-state index in [0.29, 0.717) is 0 Å². The fourth-order valence-corrected chi connectivity index (χ4v) is 0.540. The van der Waals surface area contributed by atoms with Crippen molar-refractivity contribution in [3.63, 3.8) is 0 Å². The van der Waals surface area contributed by atoms with Gasteiger partial charge in [-0.1, -0.05) is 0 Å². The van der Waals surface area contributed by atoms with Gasteiger partial charge in [-0.3, -0.25) is 9.59 Å². The summed E-state index contributed by atoms with van der Waals surface area (Å²) in [5.41, 5.74) is 5.06. The Morgan fingerprint density at radius 3 is 2.38 bits per heavy atom. The molecule has 0 saturated carbocycles. The molecular weight excluding hydrogens is 108 g/mol. The first-order valence-electron chi connectivity index (χ1n) is 2.28. The highest BCUT2D eigenvalue weighted by atomic mass is 16.2. The highest BCUT2D eigenvalue weighted by molar-refractivity contribution is 6.11. The minimum absolute atomic E-state index is 0.0972. The SMILES string of the molecule is N[C@H]1C(=O)CNC1=O. The molecule has 1 amide bonds. The van der Waals surface area contributed by atoms with E-state index in [4.69, 9.17) is 5.73 Å². The Morgan fingerprint density at radius 2 is 2.25 bits per heavy atom. The van der Waals surface area contributed by atoms with E-state index in [-0.39, 0.29) is 18.2 Å². The van der Waals surface area contributed by atoms with Crippen LogP contribution in [0.5, 0.6) is 0 Å². The maximum absolute atomic E-state index is 10.4. The number of carbonyl (C=O) groups is 2. The molecule has 0 bridgehead atoms. The lowest BCUT2D eigenvalue weighted by Crippen LogP contribution is -2.34. The predicted octanol–water partition coefficient (Wildman–Crippen LogP) is -1.99. The van der Waals surface area contributed by atoms with Crippen molar-refractivity contribution in [3.8, 4) is 0 Å². The Morgan fingerprint density at radius 1 is 1.62 bits per heavy atom. The molecule has 1 rings (SSSR count). The highest BCUT2D eigenvalue weighted by Gasteiger charge is 2.28. The summed E-state index contributed by atoms with van der Waals surface area (Å²) >= 11 is 0. The lowest BCUT2D eigenvalue weighted by atomic mass is 10.2. The van der Waals surface area contributed by atoms with Crippen LogP contribution < -0.4 is 11.1 Å². The molecule has 0 aromatic heterocycles. The van der Waals surface area contributed by atoms with Gasteiger partial charge in [0.2, 0.25) is 5.91 Å². The topological polar surface area (TPSA) is 72.2 Å². The fourth-order valence-electron chi connectivity index (χ4n) is 0.540. The van der Waals surface area contributed by atoms with E-state index < -0.39 is 6.04 Å². The normalized spacial score (nSPS) is 28.4. The van der Waals surface area contributed by atoms with E-state index in [1.807, 2.05) is 0 Å². The van der Waals surface area contributed by atoms with Crippen molar-refractivity contribution in [2.45, 2.75) is 6.04 Å². The first kappa shape index (κ1) is 5.24. The molecule has 1 saturated heterocycles. The van der Waals surface area contributed by atoms with Gasteiger partial charge in [0, 0.05) is 0 Å². The third-order valence-electron chi connectivity index (χ3n) is 1.07. The van der Waals surface area contributed by atoms with Gasteiger partial charge in [0.1, 0.15) is 6.04 Å². The molecule has 1 heterocycles. The molecule has 8 heavy (non-hydrogen) atoms. The maximum Gasteiger partial charge on any atom is 0.245 e. The van der Waals surface area contributed by atoms with Crippen LogP contribution in [0.2, 0.25) is 0 Å². The van der Waals surface area contributed by atoms with Crippen molar-refractivity contribution in [1.82, 2.24) is 5.32 Å². The summed E-state index contributed by atoms with van der Waals surface area (Å²) in [6.45, 7) is 0.0972. The van der Waals surface area contributed by atoms with Crippen LogP contribution in [0.15, 0.2) is 0 Å². The molecule has 0 aromatic carbocycles. The van der Waals surface area contributed by atoms with Crippen molar-refractivity contribution in [3.05, 3.63) is 0 Å². The lowest BCUT2D eigenvalue weighted by Gasteiger charge is -1.90. The summed E-state index contributed by atoms with van der Waals surface area (Å²) in [7, 11) is 0. The number of nitrogens with one attached hydrogen (secondary N) is 1. The zero-order valence-electron chi connectivity index (χ0n) is 4.18. The third kappa shape index (κ3) is 0.586. The number of amides is 1. The van der Waals surface area contributed by atoms with E-state index in [9.17, 15) is 9.59 Å². The molecule has 0 unspecified atom stereocenters. The largest absolute Gasteiger partial charge is 0.347 e. The minimum atomic E-state index is -0.907. The Kier molecular flexibility index (Phi) is 1.02. The van der Waals surface area contributed by atoms with Gasteiger partial charge in [-0.05, 0) is 0 Å². The molecule has 4 nitrogen and oxygen atoms in total. The van der Waals surface area contributed by atoms with Crippen LogP contribution >= 0.6 is 0 Å². The zero-order chi connectivity index (χ0) is 6.15. The van der Waals surface area contributed by atoms with Crippen LogP contribution in [0.3, 0.4) is 0 Å². The molecule has 4 heteroatoms. The van der Waals surface area contributed by atoms with Crippen LogP contribution in [0.1, 0.15) is 0 Å². The van der Waals surface area contributed by atoms with Crippen molar-refractivity contribution >= 4 is 11.7 Å². The molecule has 1 aliphatic rings. The molecule has 44 valence electrons. The number of hydrogen-bond acceptors (Lipinski definition) is 3. The van der Waals surface area contributed by atoms with Gasteiger partial charge in [0.25, 0.3) is 0 Å². The number of rotatable bonds is 0. The van der Waals surface area contributed by atoms with Gasteiger partial charge in [0.05, 0.1) is 6.54 Å². The van der Waals surface area contributed by atoms with Crippen LogP contribution in [0.25, 0.3) is 0 Å². The molecule has 1 fully saturated rings. The van der Waals surface area contributed by atoms with Gasteiger partial charge in [-0.25, -0.2) is 0 Å². The van der Waals surface area contributed by atoms with Crippen molar-refractivity contribution < 1.29 is 9.59 Å². The zero-order valence-corrected chi connectivity index (χ0v) is 4.18.